The molecule has 0 bridgehead atoms. The average Bonchev–Trinajstić information content (AvgIpc) is 2.90. The molecule has 1 fully saturated rings. The maximum atomic E-state index is 12.0. The smallest absolute Gasteiger partial charge is 0.279 e. The fourth-order valence-electron chi connectivity index (χ4n) is 1.90. The molecule has 1 aromatic rings. The van der Waals surface area contributed by atoms with E-state index in [9.17, 15) is 8.42 Å². The molecule has 9 heteroatoms. The van der Waals surface area contributed by atoms with Gasteiger partial charge in [-0.25, -0.2) is 4.98 Å². The van der Waals surface area contributed by atoms with Gasteiger partial charge in [0.1, 0.15) is 12.2 Å². The summed E-state index contributed by atoms with van der Waals surface area (Å²) < 4.78 is 27.8. The number of aromatic amines is 1. The van der Waals surface area contributed by atoms with Crippen molar-refractivity contribution in [2.75, 3.05) is 19.7 Å². The number of hydrogen-bond donors (Lipinski definition) is 3. The van der Waals surface area contributed by atoms with E-state index in [1.807, 2.05) is 0 Å². The van der Waals surface area contributed by atoms with Crippen molar-refractivity contribution in [3.05, 3.63) is 12.2 Å². The minimum Gasteiger partial charge on any atom is -0.396 e. The van der Waals surface area contributed by atoms with Crippen LogP contribution in [0.2, 0.25) is 0 Å². The number of nitrogens with zero attached hydrogens (tertiary/aromatic N) is 3. The van der Waals surface area contributed by atoms with Crippen LogP contribution in [0.25, 0.3) is 0 Å². The number of aliphatic hydroxyl groups is 1. The highest BCUT2D eigenvalue weighted by atomic mass is 32.2. The van der Waals surface area contributed by atoms with Crippen LogP contribution in [-0.2, 0) is 16.8 Å². The number of piperidine rings is 1. The lowest BCUT2D eigenvalue weighted by molar-refractivity contribution is 0.169. The molecule has 3 N–H and O–H groups in total. The Kier molecular flexibility index (Phi) is 4.27. The number of H-pyrrole nitrogens is 1. The summed E-state index contributed by atoms with van der Waals surface area (Å²) in [6.07, 6.45) is 2.72. The summed E-state index contributed by atoms with van der Waals surface area (Å²) >= 11 is 0. The van der Waals surface area contributed by atoms with Gasteiger partial charge >= 0.3 is 0 Å². The maximum absolute atomic E-state index is 12.0. The number of aromatic nitrogens is 3. The van der Waals surface area contributed by atoms with Crippen LogP contribution in [0.1, 0.15) is 18.7 Å². The molecule has 0 amide bonds. The second-order valence-corrected chi connectivity index (χ2v) is 6.04. The quantitative estimate of drug-likeness (QED) is 0.628. The third-order valence-electron chi connectivity index (χ3n) is 3.06. The van der Waals surface area contributed by atoms with E-state index in [0.717, 1.165) is 0 Å². The zero-order valence-corrected chi connectivity index (χ0v) is 10.7. The molecule has 0 spiro atoms. The normalized spacial score (nSPS) is 19.2. The lowest BCUT2D eigenvalue weighted by atomic mass is 10.00. The molecule has 0 atom stereocenters. The van der Waals surface area contributed by atoms with Gasteiger partial charge in [0.15, 0.2) is 0 Å². The lowest BCUT2D eigenvalue weighted by Gasteiger charge is -2.30. The molecule has 0 unspecified atom stereocenters. The first-order chi connectivity index (χ1) is 8.62. The number of aliphatic hydroxyl groups excluding tert-OH is 1. The fraction of sp³-hybridized carbons (Fsp3) is 0.778. The lowest BCUT2D eigenvalue weighted by Crippen LogP contribution is -2.45. The summed E-state index contributed by atoms with van der Waals surface area (Å²) in [6.45, 7) is 1.11. The third-order valence-corrected chi connectivity index (χ3v) is 4.61. The third kappa shape index (κ3) is 3.25. The minimum absolute atomic E-state index is 0.0995. The van der Waals surface area contributed by atoms with E-state index in [4.69, 9.17) is 5.11 Å². The van der Waals surface area contributed by atoms with Crippen LogP contribution in [0.4, 0.5) is 0 Å². The Morgan fingerprint density at radius 1 is 1.50 bits per heavy atom. The predicted octanol–water partition coefficient (Wildman–Crippen LogP) is -1.16. The van der Waals surface area contributed by atoms with E-state index in [2.05, 4.69) is 19.9 Å². The van der Waals surface area contributed by atoms with E-state index in [1.54, 1.807) is 0 Å². The predicted molar refractivity (Wildman–Crippen MR) is 63.5 cm³/mol. The number of rotatable bonds is 5. The van der Waals surface area contributed by atoms with Crippen molar-refractivity contribution in [2.45, 2.75) is 19.4 Å². The first-order valence-electron chi connectivity index (χ1n) is 5.81. The molecule has 102 valence electrons. The molecule has 2 heterocycles. The van der Waals surface area contributed by atoms with E-state index < -0.39 is 10.2 Å². The van der Waals surface area contributed by atoms with Gasteiger partial charge in [-0.2, -0.15) is 22.5 Å². The molecule has 0 aliphatic carbocycles. The molecule has 2 rings (SSSR count). The number of hydrogen-bond acceptors (Lipinski definition) is 5. The van der Waals surface area contributed by atoms with Crippen LogP contribution in [0.3, 0.4) is 0 Å². The average molecular weight is 275 g/mol. The topological polar surface area (TPSA) is 111 Å². The molecule has 0 aromatic carbocycles. The van der Waals surface area contributed by atoms with Crippen molar-refractivity contribution in [1.29, 1.82) is 0 Å². The first-order valence-corrected chi connectivity index (χ1v) is 7.25. The summed E-state index contributed by atoms with van der Waals surface area (Å²) in [6, 6.07) is 0. The second kappa shape index (κ2) is 5.74. The summed E-state index contributed by atoms with van der Waals surface area (Å²) in [4.78, 5) is 3.84. The van der Waals surface area contributed by atoms with Crippen LogP contribution in [0.5, 0.6) is 0 Å². The van der Waals surface area contributed by atoms with E-state index in [-0.39, 0.29) is 19.1 Å². The molecule has 0 saturated carbocycles. The summed E-state index contributed by atoms with van der Waals surface area (Å²) in [7, 11) is -3.48. The second-order valence-electron chi connectivity index (χ2n) is 4.28. The molecule has 1 aliphatic rings. The molecular weight excluding hydrogens is 258 g/mol. The molecular formula is C9H17N5O3S. The van der Waals surface area contributed by atoms with Gasteiger partial charge in [-0.15, -0.1) is 0 Å². The highest BCUT2D eigenvalue weighted by Gasteiger charge is 2.27. The summed E-state index contributed by atoms with van der Waals surface area (Å²) in [5, 5.41) is 15.2. The van der Waals surface area contributed by atoms with Gasteiger partial charge in [0.05, 0.1) is 6.54 Å². The highest BCUT2D eigenvalue weighted by molar-refractivity contribution is 7.87. The standard InChI is InChI=1S/C9H17N5O3S/c15-6-8-1-3-14(4-2-8)18(16,17)12-5-9-10-7-11-13-9/h7-8,12,15H,1-6H2,(H,10,11,13). The van der Waals surface area contributed by atoms with Crippen molar-refractivity contribution in [3.8, 4) is 0 Å². The molecule has 1 aliphatic heterocycles. The van der Waals surface area contributed by atoms with Crippen LogP contribution in [0.15, 0.2) is 6.33 Å². The Hall–Kier alpha value is -1.03. The van der Waals surface area contributed by atoms with Crippen molar-refractivity contribution >= 4 is 10.2 Å². The summed E-state index contributed by atoms with van der Waals surface area (Å²) in [5.41, 5.74) is 0. The van der Waals surface area contributed by atoms with Crippen LogP contribution >= 0.6 is 0 Å². The van der Waals surface area contributed by atoms with Gasteiger partial charge in [-0.1, -0.05) is 0 Å². The molecule has 18 heavy (non-hydrogen) atoms. The number of nitrogens with one attached hydrogen (secondary N) is 2. The SMILES string of the molecule is O=S(=O)(NCc1ncn[nH]1)N1CCC(CO)CC1. The van der Waals surface area contributed by atoms with Gasteiger partial charge in [0, 0.05) is 19.7 Å². The Bertz CT molecular complexity index is 453. The largest absolute Gasteiger partial charge is 0.396 e. The van der Waals surface area contributed by atoms with Gasteiger partial charge in [-0.05, 0) is 18.8 Å². The molecule has 1 saturated heterocycles. The van der Waals surface area contributed by atoms with Gasteiger partial charge < -0.3 is 5.11 Å². The zero-order chi connectivity index (χ0) is 13.0. The molecule has 1 aromatic heterocycles. The monoisotopic (exact) mass is 275 g/mol. The van der Waals surface area contributed by atoms with E-state index >= 15 is 0 Å². The highest BCUT2D eigenvalue weighted by Crippen LogP contribution is 2.18. The van der Waals surface area contributed by atoms with Gasteiger partial charge in [0.2, 0.25) is 0 Å². The first kappa shape index (κ1) is 13.4. The van der Waals surface area contributed by atoms with Crippen LogP contribution in [0, 0.1) is 5.92 Å². The Morgan fingerprint density at radius 2 is 2.22 bits per heavy atom. The van der Waals surface area contributed by atoms with Crippen molar-refractivity contribution in [3.63, 3.8) is 0 Å². The van der Waals surface area contributed by atoms with Crippen LogP contribution < -0.4 is 4.72 Å². The molecule has 0 radical (unpaired) electrons. The fourth-order valence-corrected chi connectivity index (χ4v) is 3.09. The van der Waals surface area contributed by atoms with Crippen molar-refractivity contribution in [2.24, 2.45) is 5.92 Å². The Balaban J connectivity index is 1.87. The van der Waals surface area contributed by atoms with Gasteiger partial charge in [0.25, 0.3) is 10.2 Å². The Labute approximate surface area is 106 Å². The van der Waals surface area contributed by atoms with E-state index in [0.29, 0.717) is 31.8 Å². The van der Waals surface area contributed by atoms with E-state index in [1.165, 1.54) is 10.6 Å². The summed E-state index contributed by atoms with van der Waals surface area (Å²) in [5.74, 6) is 0.689. The van der Waals surface area contributed by atoms with Crippen molar-refractivity contribution < 1.29 is 13.5 Å². The maximum Gasteiger partial charge on any atom is 0.279 e. The molecule has 8 nitrogen and oxygen atoms in total. The zero-order valence-electron chi connectivity index (χ0n) is 9.91. The minimum atomic E-state index is -3.48. The van der Waals surface area contributed by atoms with Crippen molar-refractivity contribution in [1.82, 2.24) is 24.2 Å². The Morgan fingerprint density at radius 3 is 2.78 bits per heavy atom. The van der Waals surface area contributed by atoms with Crippen LogP contribution in [-0.4, -0.2) is 52.7 Å². The van der Waals surface area contributed by atoms with Gasteiger partial charge in [-0.3, -0.25) is 5.10 Å².